The molecule has 0 aliphatic heterocycles. The summed E-state index contributed by atoms with van der Waals surface area (Å²) < 4.78 is 0. The quantitative estimate of drug-likeness (QED) is 0.829. The van der Waals surface area contributed by atoms with E-state index in [9.17, 15) is 4.79 Å². The van der Waals surface area contributed by atoms with Crippen molar-refractivity contribution in [2.24, 2.45) is 5.73 Å². The Kier molecular flexibility index (Phi) is 7.54. The van der Waals surface area contributed by atoms with E-state index in [1.165, 1.54) is 0 Å². The van der Waals surface area contributed by atoms with E-state index in [4.69, 9.17) is 10.8 Å². The number of nitrogens with zero attached hydrogens (tertiary/aromatic N) is 1. The molecule has 1 aromatic carbocycles. The molecule has 0 atom stereocenters. The normalized spacial score (nSPS) is 9.59. The molecule has 0 aliphatic rings. The zero-order valence-electron chi connectivity index (χ0n) is 9.93. The van der Waals surface area contributed by atoms with Crippen molar-refractivity contribution in [3.63, 3.8) is 0 Å². The molecule has 17 heavy (non-hydrogen) atoms. The number of benzene rings is 1. The fourth-order valence-electron chi connectivity index (χ4n) is 1.49. The molecule has 1 aromatic rings. The molecule has 0 aliphatic carbocycles. The molecule has 3 N–H and O–H groups in total. The monoisotopic (exact) mass is 258 g/mol. The van der Waals surface area contributed by atoms with Crippen molar-refractivity contribution >= 4 is 18.3 Å². The molecular weight excluding hydrogens is 240 g/mol. The van der Waals surface area contributed by atoms with Gasteiger partial charge in [-0.25, -0.2) is 0 Å². The van der Waals surface area contributed by atoms with Gasteiger partial charge in [0.25, 0.3) is 5.91 Å². The maximum atomic E-state index is 11.9. The number of amides is 1. The van der Waals surface area contributed by atoms with Crippen LogP contribution in [-0.2, 0) is 6.54 Å². The third-order valence-corrected chi connectivity index (χ3v) is 2.48. The minimum absolute atomic E-state index is 0. The van der Waals surface area contributed by atoms with Gasteiger partial charge in [-0.2, -0.15) is 0 Å². The van der Waals surface area contributed by atoms with Gasteiger partial charge in [0.05, 0.1) is 6.61 Å². The van der Waals surface area contributed by atoms with Gasteiger partial charge < -0.3 is 15.7 Å². The number of carbonyl (C=O) groups is 1. The molecule has 4 nitrogen and oxygen atoms in total. The largest absolute Gasteiger partial charge is 0.395 e. The van der Waals surface area contributed by atoms with Gasteiger partial charge in [0.1, 0.15) is 0 Å². The van der Waals surface area contributed by atoms with Gasteiger partial charge in [-0.05, 0) is 24.6 Å². The van der Waals surface area contributed by atoms with Crippen molar-refractivity contribution in [3.05, 3.63) is 35.4 Å². The Morgan fingerprint density at radius 2 is 1.94 bits per heavy atom. The molecule has 5 heteroatoms. The Bertz CT molecular complexity index is 341. The van der Waals surface area contributed by atoms with E-state index in [0.29, 0.717) is 25.2 Å². The lowest BCUT2D eigenvalue weighted by Crippen LogP contribution is -2.33. The first kappa shape index (κ1) is 15.9. The highest BCUT2D eigenvalue weighted by Gasteiger charge is 2.12. The lowest BCUT2D eigenvalue weighted by atomic mass is 10.1. The second kappa shape index (κ2) is 8.06. The number of halogens is 1. The van der Waals surface area contributed by atoms with Crippen LogP contribution in [0.3, 0.4) is 0 Å². The van der Waals surface area contributed by atoms with Crippen LogP contribution in [0.5, 0.6) is 0 Å². The molecule has 96 valence electrons. The van der Waals surface area contributed by atoms with E-state index in [-0.39, 0.29) is 24.9 Å². The average molecular weight is 259 g/mol. The molecule has 0 aromatic heterocycles. The van der Waals surface area contributed by atoms with Crippen LogP contribution in [0, 0.1) is 0 Å². The van der Waals surface area contributed by atoms with Gasteiger partial charge in [0.2, 0.25) is 0 Å². The van der Waals surface area contributed by atoms with E-state index in [1.54, 1.807) is 17.0 Å². The highest BCUT2D eigenvalue weighted by Crippen LogP contribution is 2.07. The summed E-state index contributed by atoms with van der Waals surface area (Å²) in [6.07, 6.45) is 0. The van der Waals surface area contributed by atoms with Crippen molar-refractivity contribution in [1.82, 2.24) is 4.90 Å². The summed E-state index contributed by atoms with van der Waals surface area (Å²) in [7, 11) is 0. The second-order valence-electron chi connectivity index (χ2n) is 3.51. The van der Waals surface area contributed by atoms with Crippen LogP contribution in [0.4, 0.5) is 0 Å². The number of hydrogen-bond donors (Lipinski definition) is 2. The molecule has 0 bridgehead atoms. The fraction of sp³-hybridized carbons (Fsp3) is 0.417. The van der Waals surface area contributed by atoms with Gasteiger partial charge in [0.15, 0.2) is 0 Å². The Labute approximate surface area is 108 Å². The summed E-state index contributed by atoms with van der Waals surface area (Å²) in [4.78, 5) is 13.6. The number of aliphatic hydroxyl groups excluding tert-OH is 1. The summed E-state index contributed by atoms with van der Waals surface area (Å²) in [6.45, 7) is 3.32. The van der Waals surface area contributed by atoms with Crippen LogP contribution < -0.4 is 5.73 Å². The van der Waals surface area contributed by atoms with Gasteiger partial charge in [-0.1, -0.05) is 12.1 Å². The van der Waals surface area contributed by atoms with E-state index >= 15 is 0 Å². The highest BCUT2D eigenvalue weighted by atomic mass is 35.5. The number of aliphatic hydroxyl groups is 1. The average Bonchev–Trinajstić information content (AvgIpc) is 2.35. The fourth-order valence-corrected chi connectivity index (χ4v) is 1.49. The number of likely N-dealkylation sites (N-methyl/N-ethyl adjacent to an activating group) is 1. The number of carbonyl (C=O) groups excluding carboxylic acids is 1. The summed E-state index contributed by atoms with van der Waals surface area (Å²) >= 11 is 0. The molecule has 0 unspecified atom stereocenters. The highest BCUT2D eigenvalue weighted by molar-refractivity contribution is 5.94. The first-order chi connectivity index (χ1) is 7.72. The zero-order chi connectivity index (χ0) is 12.0. The van der Waals surface area contributed by atoms with E-state index < -0.39 is 0 Å². The standard InChI is InChI=1S/C12H18N2O2.ClH/c1-2-14(7-8-15)12(16)11-5-3-10(9-13)4-6-11;/h3-6,15H,2,7-9,13H2,1H3;1H. The van der Waals surface area contributed by atoms with Crippen LogP contribution in [0.2, 0.25) is 0 Å². The molecular formula is C12H19ClN2O2. The van der Waals surface area contributed by atoms with Crippen molar-refractivity contribution in [2.75, 3.05) is 19.7 Å². The molecule has 1 amide bonds. The SMILES string of the molecule is CCN(CCO)C(=O)c1ccc(CN)cc1.Cl. The zero-order valence-corrected chi connectivity index (χ0v) is 10.7. The first-order valence-corrected chi connectivity index (χ1v) is 5.42. The van der Waals surface area contributed by atoms with Crippen molar-refractivity contribution in [3.8, 4) is 0 Å². The molecule has 0 heterocycles. The van der Waals surface area contributed by atoms with Crippen molar-refractivity contribution < 1.29 is 9.90 Å². The van der Waals surface area contributed by atoms with Gasteiger partial charge in [-0.3, -0.25) is 4.79 Å². The third kappa shape index (κ3) is 4.34. The molecule has 0 saturated carbocycles. The van der Waals surface area contributed by atoms with Crippen LogP contribution in [0.25, 0.3) is 0 Å². The maximum absolute atomic E-state index is 11.9. The molecule has 1 rings (SSSR count). The number of rotatable bonds is 5. The van der Waals surface area contributed by atoms with Crippen LogP contribution in [0.15, 0.2) is 24.3 Å². The van der Waals surface area contributed by atoms with Crippen molar-refractivity contribution in [1.29, 1.82) is 0 Å². The van der Waals surface area contributed by atoms with E-state index in [1.807, 2.05) is 19.1 Å². The Morgan fingerprint density at radius 3 is 2.35 bits per heavy atom. The topological polar surface area (TPSA) is 66.6 Å². The summed E-state index contributed by atoms with van der Waals surface area (Å²) in [5, 5.41) is 8.84. The third-order valence-electron chi connectivity index (χ3n) is 2.48. The van der Waals surface area contributed by atoms with Crippen molar-refractivity contribution in [2.45, 2.75) is 13.5 Å². The Morgan fingerprint density at radius 1 is 1.35 bits per heavy atom. The lowest BCUT2D eigenvalue weighted by Gasteiger charge is -2.19. The smallest absolute Gasteiger partial charge is 0.253 e. The number of nitrogens with two attached hydrogens (primary N) is 1. The minimum Gasteiger partial charge on any atom is -0.395 e. The van der Waals surface area contributed by atoms with Crippen LogP contribution in [-0.4, -0.2) is 35.6 Å². The number of hydrogen-bond acceptors (Lipinski definition) is 3. The second-order valence-corrected chi connectivity index (χ2v) is 3.51. The van der Waals surface area contributed by atoms with Gasteiger partial charge >= 0.3 is 0 Å². The summed E-state index contributed by atoms with van der Waals surface area (Å²) in [6, 6.07) is 7.23. The molecule has 0 saturated heterocycles. The van der Waals surface area contributed by atoms with Crippen LogP contribution >= 0.6 is 12.4 Å². The predicted molar refractivity (Wildman–Crippen MR) is 70.2 cm³/mol. The molecule has 0 fully saturated rings. The van der Waals surface area contributed by atoms with E-state index in [0.717, 1.165) is 5.56 Å². The minimum atomic E-state index is -0.0554. The summed E-state index contributed by atoms with van der Waals surface area (Å²) in [5.41, 5.74) is 7.11. The summed E-state index contributed by atoms with van der Waals surface area (Å²) in [5.74, 6) is -0.0554. The first-order valence-electron chi connectivity index (χ1n) is 5.42. The Balaban J connectivity index is 0.00000256. The Hall–Kier alpha value is -1.10. The van der Waals surface area contributed by atoms with Gasteiger partial charge in [0, 0.05) is 25.2 Å². The predicted octanol–water partition coefficient (Wildman–Crippen LogP) is 1.02. The van der Waals surface area contributed by atoms with E-state index in [2.05, 4.69) is 0 Å². The molecule has 0 spiro atoms. The van der Waals surface area contributed by atoms with Gasteiger partial charge in [-0.15, -0.1) is 12.4 Å². The molecule has 0 radical (unpaired) electrons. The lowest BCUT2D eigenvalue weighted by molar-refractivity contribution is 0.0732. The van der Waals surface area contributed by atoms with Crippen LogP contribution in [0.1, 0.15) is 22.8 Å². The maximum Gasteiger partial charge on any atom is 0.253 e.